The van der Waals surface area contributed by atoms with E-state index in [1.54, 1.807) is 12.1 Å². The van der Waals surface area contributed by atoms with Crippen LogP contribution in [-0.2, 0) is 16.4 Å². The van der Waals surface area contributed by atoms with Gasteiger partial charge in [-0.15, -0.1) is 0 Å². The molecule has 0 saturated heterocycles. The standard InChI is InChI=1S/C19H30FN5O2S/c1-4-21-19(22-10-6-12-25(5-2)28(3,26)27)23-11-9-15-14-24-18-8-7-16(20)13-17(15)18/h7-8,13-14,24H,4-6,9-12H2,1-3H3,(H2,21,22,23). The first-order valence-electron chi connectivity index (χ1n) is 9.58. The normalized spacial score (nSPS) is 12.7. The highest BCUT2D eigenvalue weighted by molar-refractivity contribution is 7.88. The van der Waals surface area contributed by atoms with Gasteiger partial charge in [-0.05, 0) is 43.5 Å². The summed E-state index contributed by atoms with van der Waals surface area (Å²) >= 11 is 0. The lowest BCUT2D eigenvalue weighted by Gasteiger charge is -2.17. The largest absolute Gasteiger partial charge is 0.361 e. The first-order chi connectivity index (χ1) is 13.3. The summed E-state index contributed by atoms with van der Waals surface area (Å²) in [5.74, 6) is 0.447. The second-order valence-electron chi connectivity index (χ2n) is 6.55. The van der Waals surface area contributed by atoms with Gasteiger partial charge in [-0.2, -0.15) is 0 Å². The molecule has 9 heteroatoms. The van der Waals surface area contributed by atoms with E-state index < -0.39 is 10.0 Å². The highest BCUT2D eigenvalue weighted by Crippen LogP contribution is 2.19. The smallest absolute Gasteiger partial charge is 0.211 e. The Morgan fingerprint density at radius 3 is 2.75 bits per heavy atom. The van der Waals surface area contributed by atoms with Gasteiger partial charge in [0.05, 0.1) is 6.26 Å². The maximum absolute atomic E-state index is 13.5. The summed E-state index contributed by atoms with van der Waals surface area (Å²) in [4.78, 5) is 7.66. The first-order valence-corrected chi connectivity index (χ1v) is 11.4. The number of halogens is 1. The molecule has 0 bridgehead atoms. The van der Waals surface area contributed by atoms with Crippen LogP contribution in [0.5, 0.6) is 0 Å². The van der Waals surface area contributed by atoms with Crippen LogP contribution in [0.2, 0.25) is 0 Å². The molecule has 1 heterocycles. The Kier molecular flexibility index (Phi) is 8.25. The number of benzene rings is 1. The van der Waals surface area contributed by atoms with E-state index in [0.29, 0.717) is 38.6 Å². The van der Waals surface area contributed by atoms with Gasteiger partial charge >= 0.3 is 0 Å². The van der Waals surface area contributed by atoms with Crippen molar-refractivity contribution < 1.29 is 12.8 Å². The fourth-order valence-corrected chi connectivity index (χ4v) is 3.94. The van der Waals surface area contributed by atoms with Gasteiger partial charge in [0.2, 0.25) is 10.0 Å². The monoisotopic (exact) mass is 411 g/mol. The van der Waals surface area contributed by atoms with Gasteiger partial charge in [0.25, 0.3) is 0 Å². The summed E-state index contributed by atoms with van der Waals surface area (Å²) in [6, 6.07) is 4.73. The van der Waals surface area contributed by atoms with Gasteiger partial charge in [-0.1, -0.05) is 6.92 Å². The fraction of sp³-hybridized carbons (Fsp3) is 0.526. The number of aliphatic imine (C=N–C) groups is 1. The van der Waals surface area contributed by atoms with Gasteiger partial charge < -0.3 is 15.6 Å². The summed E-state index contributed by atoms with van der Waals surface area (Å²) in [6.45, 7) is 6.65. The number of hydrogen-bond acceptors (Lipinski definition) is 3. The van der Waals surface area contributed by atoms with Crippen LogP contribution in [-0.4, -0.2) is 62.6 Å². The summed E-state index contributed by atoms with van der Waals surface area (Å²) in [5, 5.41) is 7.34. The molecule has 0 fully saturated rings. The summed E-state index contributed by atoms with van der Waals surface area (Å²) in [7, 11) is -3.16. The van der Waals surface area contributed by atoms with E-state index in [9.17, 15) is 12.8 Å². The number of H-pyrrole nitrogens is 1. The van der Waals surface area contributed by atoms with Crippen molar-refractivity contribution >= 4 is 26.9 Å². The molecule has 0 spiro atoms. The molecular formula is C19H30FN5O2S. The highest BCUT2D eigenvalue weighted by Gasteiger charge is 2.13. The molecule has 1 aromatic carbocycles. The van der Waals surface area contributed by atoms with E-state index >= 15 is 0 Å². The maximum atomic E-state index is 13.5. The number of sulfonamides is 1. The van der Waals surface area contributed by atoms with Crippen molar-refractivity contribution in [3.63, 3.8) is 0 Å². The second kappa shape index (κ2) is 10.4. The average molecular weight is 412 g/mol. The molecule has 0 aliphatic heterocycles. The summed E-state index contributed by atoms with van der Waals surface area (Å²) < 4.78 is 38.1. The minimum atomic E-state index is -3.16. The predicted molar refractivity (Wildman–Crippen MR) is 113 cm³/mol. The minimum Gasteiger partial charge on any atom is -0.361 e. The van der Waals surface area contributed by atoms with Crippen LogP contribution in [0.3, 0.4) is 0 Å². The molecule has 2 rings (SSSR count). The molecule has 7 nitrogen and oxygen atoms in total. The number of aromatic amines is 1. The lowest BCUT2D eigenvalue weighted by atomic mass is 10.1. The first kappa shape index (κ1) is 22.2. The van der Waals surface area contributed by atoms with Gasteiger partial charge in [0, 0.05) is 49.8 Å². The van der Waals surface area contributed by atoms with E-state index in [-0.39, 0.29) is 5.82 Å². The number of fused-ring (bicyclic) bond motifs is 1. The fourth-order valence-electron chi connectivity index (χ4n) is 3.01. The van der Waals surface area contributed by atoms with Crippen molar-refractivity contribution in [3.05, 3.63) is 35.8 Å². The zero-order valence-corrected chi connectivity index (χ0v) is 17.6. The van der Waals surface area contributed by atoms with Crippen molar-refractivity contribution in [2.75, 3.05) is 39.0 Å². The molecule has 0 atom stereocenters. The third kappa shape index (κ3) is 6.49. The molecule has 0 radical (unpaired) electrons. The molecule has 2 aromatic rings. The molecular weight excluding hydrogens is 381 g/mol. The SMILES string of the molecule is CCNC(=NCCCN(CC)S(C)(=O)=O)NCCc1c[nH]c2ccc(F)cc12. The van der Waals surface area contributed by atoms with Gasteiger partial charge in [-0.25, -0.2) is 17.1 Å². The Morgan fingerprint density at radius 1 is 1.29 bits per heavy atom. The third-order valence-electron chi connectivity index (χ3n) is 4.42. The zero-order chi connectivity index (χ0) is 20.6. The summed E-state index contributed by atoms with van der Waals surface area (Å²) in [6.07, 6.45) is 4.51. The Labute approximate surface area is 166 Å². The van der Waals surface area contributed by atoms with Gasteiger partial charge in [0.1, 0.15) is 5.82 Å². The molecule has 0 amide bonds. The van der Waals surface area contributed by atoms with Crippen LogP contribution >= 0.6 is 0 Å². The lowest BCUT2D eigenvalue weighted by Crippen LogP contribution is -2.38. The van der Waals surface area contributed by atoms with Crippen molar-refractivity contribution in [1.82, 2.24) is 19.9 Å². The number of guanidine groups is 1. The number of aromatic nitrogens is 1. The average Bonchev–Trinajstić information content (AvgIpc) is 3.02. The highest BCUT2D eigenvalue weighted by atomic mass is 32.2. The van der Waals surface area contributed by atoms with E-state index in [4.69, 9.17) is 0 Å². The number of rotatable bonds is 10. The van der Waals surface area contributed by atoms with Crippen LogP contribution in [0.1, 0.15) is 25.8 Å². The van der Waals surface area contributed by atoms with Gasteiger partial charge in [-0.3, -0.25) is 4.99 Å². The topological polar surface area (TPSA) is 89.6 Å². The van der Waals surface area contributed by atoms with Crippen LogP contribution < -0.4 is 10.6 Å². The Hall–Kier alpha value is -2.13. The van der Waals surface area contributed by atoms with E-state index in [1.165, 1.54) is 16.6 Å². The molecule has 1 aromatic heterocycles. The van der Waals surface area contributed by atoms with Crippen LogP contribution in [0, 0.1) is 5.82 Å². The molecule has 0 aliphatic rings. The van der Waals surface area contributed by atoms with Gasteiger partial charge in [0.15, 0.2) is 5.96 Å². The lowest BCUT2D eigenvalue weighted by molar-refractivity contribution is 0.427. The molecule has 156 valence electrons. The second-order valence-corrected chi connectivity index (χ2v) is 8.53. The van der Waals surface area contributed by atoms with Crippen LogP contribution in [0.15, 0.2) is 29.4 Å². The zero-order valence-electron chi connectivity index (χ0n) is 16.8. The predicted octanol–water partition coefficient (Wildman–Crippen LogP) is 2.08. The third-order valence-corrected chi connectivity index (χ3v) is 5.80. The molecule has 3 N–H and O–H groups in total. The molecule has 0 saturated carbocycles. The van der Waals surface area contributed by atoms with E-state index in [0.717, 1.165) is 29.4 Å². The summed E-state index contributed by atoms with van der Waals surface area (Å²) in [5.41, 5.74) is 1.97. The van der Waals surface area contributed by atoms with Crippen molar-refractivity contribution in [3.8, 4) is 0 Å². The van der Waals surface area contributed by atoms with E-state index in [2.05, 4.69) is 20.6 Å². The number of nitrogens with zero attached hydrogens (tertiary/aromatic N) is 2. The van der Waals surface area contributed by atoms with Crippen molar-refractivity contribution in [2.45, 2.75) is 26.7 Å². The Morgan fingerprint density at radius 2 is 2.07 bits per heavy atom. The maximum Gasteiger partial charge on any atom is 0.211 e. The molecule has 0 aliphatic carbocycles. The number of hydrogen-bond donors (Lipinski definition) is 3. The molecule has 0 unspecified atom stereocenters. The van der Waals surface area contributed by atoms with Crippen molar-refractivity contribution in [1.29, 1.82) is 0 Å². The van der Waals surface area contributed by atoms with Crippen LogP contribution in [0.25, 0.3) is 10.9 Å². The minimum absolute atomic E-state index is 0.244. The van der Waals surface area contributed by atoms with Crippen molar-refractivity contribution in [2.24, 2.45) is 4.99 Å². The number of nitrogens with one attached hydrogen (secondary N) is 3. The quantitative estimate of drug-likeness (QED) is 0.317. The van der Waals surface area contributed by atoms with Crippen LogP contribution in [0.4, 0.5) is 4.39 Å². The Bertz CT molecular complexity index is 895. The molecule has 28 heavy (non-hydrogen) atoms. The Balaban J connectivity index is 1.86. The van der Waals surface area contributed by atoms with E-state index in [1.807, 2.05) is 20.0 Å².